The monoisotopic (exact) mass is 297 g/mol. The molecule has 1 aromatic heterocycles. The van der Waals surface area contributed by atoms with E-state index in [2.05, 4.69) is 17.2 Å². The number of benzene rings is 2. The smallest absolute Gasteiger partial charge is 0.130 e. The van der Waals surface area contributed by atoms with Crippen LogP contribution in [0, 0.1) is 6.92 Å². The average Bonchev–Trinajstić information content (AvgIpc) is 2.76. The minimum atomic E-state index is 0.668. The summed E-state index contributed by atoms with van der Waals surface area (Å²) in [5.41, 5.74) is 10.4. The van der Waals surface area contributed by atoms with Gasteiger partial charge in [-0.15, -0.1) is 0 Å². The molecule has 0 spiro atoms. The van der Waals surface area contributed by atoms with Gasteiger partial charge in [-0.3, -0.25) is 0 Å². The van der Waals surface area contributed by atoms with Crippen LogP contribution >= 0.6 is 11.6 Å². The summed E-state index contributed by atoms with van der Waals surface area (Å²) in [5, 5.41) is 5.28. The van der Waals surface area contributed by atoms with Crippen molar-refractivity contribution < 1.29 is 0 Å². The van der Waals surface area contributed by atoms with E-state index in [4.69, 9.17) is 17.3 Å². The zero-order valence-electron chi connectivity index (χ0n) is 11.8. The quantitative estimate of drug-likeness (QED) is 0.789. The Balaban J connectivity index is 1.98. The lowest BCUT2D eigenvalue weighted by Crippen LogP contribution is -2.06. The van der Waals surface area contributed by atoms with Gasteiger partial charge in [-0.25, -0.2) is 4.68 Å². The summed E-state index contributed by atoms with van der Waals surface area (Å²) >= 11 is 5.94. The van der Waals surface area contributed by atoms with Gasteiger partial charge in [-0.2, -0.15) is 5.10 Å². The van der Waals surface area contributed by atoms with Gasteiger partial charge in [0.05, 0.1) is 12.2 Å². The van der Waals surface area contributed by atoms with E-state index in [1.807, 2.05) is 54.1 Å². The third-order valence-electron chi connectivity index (χ3n) is 3.47. The van der Waals surface area contributed by atoms with Crippen LogP contribution in [0.2, 0.25) is 5.02 Å². The molecule has 2 N–H and O–H groups in total. The molecule has 0 radical (unpaired) electrons. The van der Waals surface area contributed by atoms with Gasteiger partial charge in [0.2, 0.25) is 0 Å². The predicted octanol–water partition coefficient (Wildman–Crippen LogP) is 4.14. The summed E-state index contributed by atoms with van der Waals surface area (Å²) in [4.78, 5) is 0. The van der Waals surface area contributed by atoms with Gasteiger partial charge >= 0.3 is 0 Å². The molecule has 0 saturated carbocycles. The van der Waals surface area contributed by atoms with Gasteiger partial charge in [0.25, 0.3) is 0 Å². The molecule has 1 heterocycles. The van der Waals surface area contributed by atoms with Crippen LogP contribution in [0.25, 0.3) is 11.1 Å². The fraction of sp³-hybridized carbons (Fsp3) is 0.118. The van der Waals surface area contributed by atoms with E-state index in [1.165, 1.54) is 5.56 Å². The lowest BCUT2D eigenvalue weighted by Gasteiger charge is -2.06. The number of nitrogen functional groups attached to an aromatic ring is 1. The highest BCUT2D eigenvalue weighted by atomic mass is 35.5. The van der Waals surface area contributed by atoms with E-state index in [-0.39, 0.29) is 0 Å². The molecule has 0 unspecified atom stereocenters. The molecule has 2 aromatic carbocycles. The van der Waals surface area contributed by atoms with E-state index in [9.17, 15) is 0 Å². The van der Waals surface area contributed by atoms with Gasteiger partial charge in [0, 0.05) is 10.6 Å². The van der Waals surface area contributed by atoms with E-state index < -0.39 is 0 Å². The first-order valence-corrected chi connectivity index (χ1v) is 7.15. The van der Waals surface area contributed by atoms with Crippen molar-refractivity contribution in [3.05, 3.63) is 70.9 Å². The molecular formula is C17H16ClN3. The third kappa shape index (κ3) is 2.78. The van der Waals surface area contributed by atoms with Crippen LogP contribution in [0.15, 0.2) is 54.6 Å². The third-order valence-corrected chi connectivity index (χ3v) is 3.73. The van der Waals surface area contributed by atoms with Crippen molar-refractivity contribution in [3.8, 4) is 11.1 Å². The number of halogens is 1. The Morgan fingerprint density at radius 3 is 2.38 bits per heavy atom. The second kappa shape index (κ2) is 5.62. The number of hydrogen-bond donors (Lipinski definition) is 1. The first-order valence-electron chi connectivity index (χ1n) is 6.78. The molecule has 0 aliphatic rings. The molecule has 0 bridgehead atoms. The number of nitrogens with zero attached hydrogens (tertiary/aromatic N) is 2. The summed E-state index contributed by atoms with van der Waals surface area (Å²) in [6.45, 7) is 2.64. The number of nitrogens with two attached hydrogens (primary N) is 1. The van der Waals surface area contributed by atoms with E-state index in [1.54, 1.807) is 0 Å². The molecule has 0 saturated heterocycles. The largest absolute Gasteiger partial charge is 0.383 e. The van der Waals surface area contributed by atoms with Gasteiger partial charge in [-0.1, -0.05) is 54.1 Å². The minimum absolute atomic E-state index is 0.668. The van der Waals surface area contributed by atoms with Crippen molar-refractivity contribution in [3.63, 3.8) is 0 Å². The second-order valence-corrected chi connectivity index (χ2v) is 5.43. The van der Waals surface area contributed by atoms with Crippen molar-refractivity contribution in [2.24, 2.45) is 0 Å². The molecule has 3 rings (SSSR count). The Kier molecular flexibility index (Phi) is 3.67. The first kappa shape index (κ1) is 13.7. The molecule has 4 heteroatoms. The number of aryl methyl sites for hydroxylation is 1. The topological polar surface area (TPSA) is 43.8 Å². The zero-order chi connectivity index (χ0) is 14.8. The molecule has 3 nitrogen and oxygen atoms in total. The second-order valence-electron chi connectivity index (χ2n) is 5.00. The lowest BCUT2D eigenvalue weighted by atomic mass is 10.1. The van der Waals surface area contributed by atoms with E-state index >= 15 is 0 Å². The van der Waals surface area contributed by atoms with E-state index in [0.717, 1.165) is 16.8 Å². The van der Waals surface area contributed by atoms with Crippen molar-refractivity contribution >= 4 is 17.4 Å². The zero-order valence-corrected chi connectivity index (χ0v) is 12.5. The van der Waals surface area contributed by atoms with Crippen LogP contribution in [-0.4, -0.2) is 9.78 Å². The Labute approximate surface area is 129 Å². The highest BCUT2D eigenvalue weighted by Crippen LogP contribution is 2.30. The average molecular weight is 298 g/mol. The predicted molar refractivity (Wildman–Crippen MR) is 87.4 cm³/mol. The number of hydrogen-bond acceptors (Lipinski definition) is 2. The molecule has 0 atom stereocenters. The maximum absolute atomic E-state index is 6.29. The lowest BCUT2D eigenvalue weighted by molar-refractivity contribution is 0.689. The molecular weight excluding hydrogens is 282 g/mol. The highest BCUT2D eigenvalue weighted by Gasteiger charge is 2.14. The Hall–Kier alpha value is -2.26. The number of rotatable bonds is 3. The van der Waals surface area contributed by atoms with Crippen LogP contribution in [0.5, 0.6) is 0 Å². The number of anilines is 1. The summed E-state index contributed by atoms with van der Waals surface area (Å²) in [7, 11) is 0. The molecule has 0 amide bonds. The van der Waals surface area contributed by atoms with Crippen molar-refractivity contribution in [2.45, 2.75) is 13.5 Å². The standard InChI is InChI=1S/C17H16ClN3/c1-12-16(14-7-9-15(18)10-8-14)17(19)21(20-12)11-13-5-3-2-4-6-13/h2-10H,11,19H2,1H3. The van der Waals surface area contributed by atoms with Crippen molar-refractivity contribution in [1.29, 1.82) is 0 Å². The normalized spacial score (nSPS) is 10.8. The molecule has 0 aliphatic carbocycles. The summed E-state index contributed by atoms with van der Waals surface area (Å²) in [5.74, 6) is 0.679. The van der Waals surface area contributed by atoms with Gasteiger partial charge in [-0.05, 0) is 30.2 Å². The molecule has 21 heavy (non-hydrogen) atoms. The summed E-state index contributed by atoms with van der Waals surface area (Å²) < 4.78 is 1.84. The Morgan fingerprint density at radius 1 is 1.05 bits per heavy atom. The first-order chi connectivity index (χ1) is 10.1. The van der Waals surface area contributed by atoms with Crippen LogP contribution in [0.3, 0.4) is 0 Å². The van der Waals surface area contributed by atoms with Crippen molar-refractivity contribution in [1.82, 2.24) is 9.78 Å². The van der Waals surface area contributed by atoms with Gasteiger partial charge in [0.1, 0.15) is 5.82 Å². The SMILES string of the molecule is Cc1nn(Cc2ccccc2)c(N)c1-c1ccc(Cl)cc1. The summed E-state index contributed by atoms with van der Waals surface area (Å²) in [6.07, 6.45) is 0. The fourth-order valence-corrected chi connectivity index (χ4v) is 2.58. The number of aromatic nitrogens is 2. The fourth-order valence-electron chi connectivity index (χ4n) is 2.45. The van der Waals surface area contributed by atoms with E-state index in [0.29, 0.717) is 17.4 Å². The van der Waals surface area contributed by atoms with Crippen LogP contribution in [0.4, 0.5) is 5.82 Å². The highest BCUT2D eigenvalue weighted by molar-refractivity contribution is 6.30. The molecule has 0 fully saturated rings. The van der Waals surface area contributed by atoms with Gasteiger partial charge < -0.3 is 5.73 Å². The van der Waals surface area contributed by atoms with Crippen LogP contribution in [0.1, 0.15) is 11.3 Å². The molecule has 0 aliphatic heterocycles. The van der Waals surface area contributed by atoms with Gasteiger partial charge in [0.15, 0.2) is 0 Å². The maximum atomic E-state index is 6.29. The molecule has 3 aromatic rings. The Bertz CT molecular complexity index is 746. The van der Waals surface area contributed by atoms with Crippen LogP contribution < -0.4 is 5.73 Å². The van der Waals surface area contributed by atoms with Crippen molar-refractivity contribution in [2.75, 3.05) is 5.73 Å². The van der Waals surface area contributed by atoms with Crippen LogP contribution in [-0.2, 0) is 6.54 Å². The Morgan fingerprint density at radius 2 is 1.71 bits per heavy atom. The summed E-state index contributed by atoms with van der Waals surface area (Å²) in [6, 6.07) is 17.8. The maximum Gasteiger partial charge on any atom is 0.130 e. The molecule has 106 valence electrons. The minimum Gasteiger partial charge on any atom is -0.383 e.